The first-order valence-electron chi connectivity index (χ1n) is 33.4. The predicted octanol–water partition coefficient (Wildman–Crippen LogP) is 26.8. The molecule has 0 bridgehead atoms. The molecule has 0 aliphatic heterocycles. The second kappa shape index (κ2) is 40.1. The first kappa shape index (κ1) is 68.0. The van der Waals surface area contributed by atoms with Crippen LogP contribution in [-0.4, -0.2) is 29.1 Å². The van der Waals surface area contributed by atoms with Crippen LogP contribution in [0.5, 0.6) is 0 Å². The van der Waals surface area contributed by atoms with E-state index in [-0.39, 0.29) is 0 Å². The van der Waals surface area contributed by atoms with Gasteiger partial charge >= 0.3 is 0 Å². The van der Waals surface area contributed by atoms with Crippen LogP contribution in [0.2, 0.25) is 0 Å². The van der Waals surface area contributed by atoms with Crippen LogP contribution >= 0.6 is 100 Å². The third kappa shape index (κ3) is 22.0. The molecule has 82 heavy (non-hydrogen) atoms. The molecule has 0 amide bonds. The molecule has 7 rings (SSSR count). The fraction of sp³-hybridized carbons (Fsp3) is 0.706. The van der Waals surface area contributed by atoms with Gasteiger partial charge in [0.2, 0.25) is 0 Å². The number of aryl methyl sites for hydroxylation is 4. The van der Waals surface area contributed by atoms with Crippen LogP contribution in [0.15, 0.2) is 19.7 Å². The maximum Gasteiger partial charge on any atom is 0.135 e. The van der Waals surface area contributed by atoms with E-state index >= 15 is 0 Å². The van der Waals surface area contributed by atoms with Gasteiger partial charge in [0.1, 0.15) is 21.0 Å². The first-order chi connectivity index (χ1) is 40.4. The van der Waals surface area contributed by atoms with Gasteiger partial charge in [-0.25, -0.2) is 9.97 Å². The summed E-state index contributed by atoms with van der Waals surface area (Å²) in [6.45, 7) is 9.23. The lowest BCUT2D eigenvalue weighted by Crippen LogP contribution is -1.90. The van der Waals surface area contributed by atoms with Gasteiger partial charge in [0.15, 0.2) is 0 Å². The fourth-order valence-corrected chi connectivity index (χ4v) is 19.4. The SMILES string of the molecule is CCCCCCCCCCCCc1cc(-c2c3nnsc3c(-c3cc(CCCCCCCCCCCC)c(-c4nc(CCCCCCCCCCCC)c(Br)s4)s3)c3nnsc23)sc1-c1nc(CCCCCCCCCCCC)c(Br)s1. The summed E-state index contributed by atoms with van der Waals surface area (Å²) in [4.78, 5) is 16.0. The number of halogens is 2. The van der Waals surface area contributed by atoms with E-state index in [1.165, 1.54) is 329 Å². The molecule has 0 fully saturated rings. The largest absolute Gasteiger partial charge is 0.239 e. The molecule has 6 aromatic heterocycles. The summed E-state index contributed by atoms with van der Waals surface area (Å²) in [5.41, 5.74) is 9.51. The number of rotatable bonds is 48. The molecule has 0 aliphatic carbocycles. The first-order valence-corrected chi connectivity index (χ1v) is 39.8. The van der Waals surface area contributed by atoms with Crippen LogP contribution in [0, 0.1) is 0 Å². The lowest BCUT2D eigenvalue weighted by molar-refractivity contribution is 0.555. The molecule has 0 radical (unpaired) electrons. The molecule has 0 unspecified atom stereocenters. The predicted molar refractivity (Wildman–Crippen MR) is 375 cm³/mol. The van der Waals surface area contributed by atoms with E-state index in [0.717, 1.165) is 67.3 Å². The summed E-state index contributed by atoms with van der Waals surface area (Å²) in [5.74, 6) is 0. The Hall–Kier alpha value is -1.52. The summed E-state index contributed by atoms with van der Waals surface area (Å²) >= 11 is 18.5. The number of unbranched alkanes of at least 4 members (excludes halogenated alkanes) is 36. The summed E-state index contributed by atoms with van der Waals surface area (Å²) in [5, 5.41) is 12.3. The molecule has 0 atom stereocenters. The van der Waals surface area contributed by atoms with E-state index in [1.807, 2.05) is 45.3 Å². The van der Waals surface area contributed by atoms with Gasteiger partial charge in [-0.3, -0.25) is 0 Å². The minimum absolute atomic E-state index is 0.973. The molecule has 454 valence electrons. The smallest absolute Gasteiger partial charge is 0.135 e. The van der Waals surface area contributed by atoms with Gasteiger partial charge in [0.25, 0.3) is 0 Å². The monoisotopic (exact) mass is 1350 g/mol. The summed E-state index contributed by atoms with van der Waals surface area (Å²) < 4.78 is 14.1. The Labute approximate surface area is 538 Å². The molecule has 0 saturated carbocycles. The summed E-state index contributed by atoms with van der Waals surface area (Å²) in [7, 11) is 0. The lowest BCUT2D eigenvalue weighted by Gasteiger charge is -2.06. The molecule has 14 heteroatoms. The minimum Gasteiger partial charge on any atom is -0.239 e. The molecule has 0 saturated heterocycles. The average molecular weight is 1360 g/mol. The Kier molecular flexibility index (Phi) is 33.2. The van der Waals surface area contributed by atoms with E-state index in [0.29, 0.717) is 0 Å². The minimum atomic E-state index is 0.973. The topological polar surface area (TPSA) is 77.3 Å². The number of fused-ring (bicyclic) bond motifs is 2. The quantitative estimate of drug-likeness (QED) is 0.0354. The molecular formula is C68H102Br2N6S6. The lowest BCUT2D eigenvalue weighted by atomic mass is 10.0. The number of thiophene rings is 2. The number of thiazole rings is 2. The van der Waals surface area contributed by atoms with Crippen LogP contribution in [0.3, 0.4) is 0 Å². The zero-order chi connectivity index (χ0) is 57.4. The van der Waals surface area contributed by atoms with Gasteiger partial charge in [0, 0.05) is 20.9 Å². The number of aromatic nitrogens is 6. The van der Waals surface area contributed by atoms with Crippen molar-refractivity contribution in [3.05, 3.63) is 42.2 Å². The highest BCUT2D eigenvalue weighted by atomic mass is 79.9. The van der Waals surface area contributed by atoms with Gasteiger partial charge in [-0.05, 0) is 130 Å². The van der Waals surface area contributed by atoms with E-state index in [4.69, 9.17) is 29.1 Å². The van der Waals surface area contributed by atoms with Gasteiger partial charge in [0.05, 0.1) is 38.1 Å². The standard InChI is InChI=1S/C68H102Br2N6S6/c1-5-9-13-17-21-25-29-33-37-41-45-51-49-55(77-61(51)67-71-53(65(69)79-67)47-43-39-35-31-27-23-19-15-11-7-3)57-59-64(82-75-73-59)58(60-63(57)81-76-74-60)56-50-52(46-42-38-34-30-26-22-18-14-10-6-2)62(78-56)68-72-54(66(70)80-68)48-44-40-36-32-28-24-20-16-12-8-4/h49-50H,5-48H2,1-4H3. The zero-order valence-corrected chi connectivity index (χ0v) is 59.2. The molecule has 6 heterocycles. The van der Waals surface area contributed by atoms with Crippen molar-refractivity contribution in [3.8, 4) is 40.7 Å². The Balaban J connectivity index is 1.12. The molecule has 6 nitrogen and oxygen atoms in total. The van der Waals surface area contributed by atoms with E-state index in [9.17, 15) is 0 Å². The van der Waals surface area contributed by atoms with Crippen LogP contribution < -0.4 is 0 Å². The van der Waals surface area contributed by atoms with Crippen molar-refractivity contribution in [3.63, 3.8) is 0 Å². The third-order valence-corrected chi connectivity index (χ3v) is 24.7. The van der Waals surface area contributed by atoms with E-state index in [1.54, 1.807) is 0 Å². The van der Waals surface area contributed by atoms with Gasteiger partial charge in [-0.15, -0.1) is 55.5 Å². The van der Waals surface area contributed by atoms with Crippen molar-refractivity contribution in [1.82, 2.24) is 29.1 Å². The maximum absolute atomic E-state index is 5.44. The van der Waals surface area contributed by atoms with Crippen molar-refractivity contribution in [2.45, 2.75) is 310 Å². The molecular weight excluding hydrogens is 1250 g/mol. The summed E-state index contributed by atoms with van der Waals surface area (Å²) in [6, 6.07) is 4.97. The fourth-order valence-electron chi connectivity index (χ4n) is 11.9. The second-order valence-electron chi connectivity index (χ2n) is 23.8. The van der Waals surface area contributed by atoms with Crippen LogP contribution in [0.4, 0.5) is 0 Å². The highest BCUT2D eigenvalue weighted by Gasteiger charge is 2.28. The van der Waals surface area contributed by atoms with E-state index < -0.39 is 0 Å². The van der Waals surface area contributed by atoms with Crippen molar-refractivity contribution in [1.29, 1.82) is 0 Å². The highest BCUT2D eigenvalue weighted by Crippen LogP contribution is 2.52. The van der Waals surface area contributed by atoms with Gasteiger partial charge in [-0.1, -0.05) is 268 Å². The van der Waals surface area contributed by atoms with Crippen molar-refractivity contribution >= 4 is 121 Å². The second-order valence-corrected chi connectivity index (χ2v) is 32.0. The molecule has 0 aliphatic rings. The average Bonchev–Trinajstić information content (AvgIpc) is 2.78. The third-order valence-electron chi connectivity index (χ3n) is 16.8. The van der Waals surface area contributed by atoms with E-state index in [2.05, 4.69) is 71.7 Å². The van der Waals surface area contributed by atoms with Crippen LogP contribution in [-0.2, 0) is 25.7 Å². The normalized spacial score (nSPS) is 12.0. The Bertz CT molecular complexity index is 2580. The molecule has 7 aromatic rings. The maximum atomic E-state index is 5.44. The molecule has 0 spiro atoms. The van der Waals surface area contributed by atoms with Crippen molar-refractivity contribution < 1.29 is 0 Å². The Morgan fingerprint density at radius 1 is 0.329 bits per heavy atom. The van der Waals surface area contributed by atoms with Crippen molar-refractivity contribution in [2.75, 3.05) is 0 Å². The molecule has 1 aromatic carbocycles. The van der Waals surface area contributed by atoms with Crippen LogP contribution in [0.1, 0.15) is 307 Å². The van der Waals surface area contributed by atoms with Crippen molar-refractivity contribution in [2.24, 2.45) is 0 Å². The number of hydrogen-bond donors (Lipinski definition) is 0. The zero-order valence-electron chi connectivity index (χ0n) is 51.2. The van der Waals surface area contributed by atoms with Gasteiger partial charge < -0.3 is 0 Å². The number of benzene rings is 1. The highest BCUT2D eigenvalue weighted by molar-refractivity contribution is 9.11. The number of hydrogen-bond acceptors (Lipinski definition) is 12. The van der Waals surface area contributed by atoms with Gasteiger partial charge in [-0.2, -0.15) is 0 Å². The Morgan fingerprint density at radius 3 is 0.890 bits per heavy atom. The molecule has 0 N–H and O–H groups in total. The summed E-state index contributed by atoms with van der Waals surface area (Å²) in [6.07, 6.45) is 57.8. The number of nitrogens with zero attached hydrogens (tertiary/aromatic N) is 6. The Morgan fingerprint density at radius 2 is 0.598 bits per heavy atom. The van der Waals surface area contributed by atoms with Crippen LogP contribution in [0.25, 0.3) is 61.1 Å².